The lowest BCUT2D eigenvalue weighted by Gasteiger charge is -2.25. The van der Waals surface area contributed by atoms with Crippen molar-refractivity contribution >= 4 is 21.7 Å². The van der Waals surface area contributed by atoms with Crippen LogP contribution in [0.5, 0.6) is 0 Å². The number of pyridine rings is 1. The van der Waals surface area contributed by atoms with Crippen LogP contribution in [0.15, 0.2) is 22.9 Å². The maximum absolute atomic E-state index is 12.1. The maximum atomic E-state index is 12.1. The Bertz CT molecular complexity index is 397. The zero-order valence-corrected chi connectivity index (χ0v) is 11.7. The predicted octanol–water partition coefficient (Wildman–Crippen LogP) is 3.78. The molecule has 1 fully saturated rings. The summed E-state index contributed by atoms with van der Waals surface area (Å²) in [6.45, 7) is 2.28. The van der Waals surface area contributed by atoms with Gasteiger partial charge in [-0.15, -0.1) is 0 Å². The Morgan fingerprint density at radius 3 is 2.71 bits per heavy atom. The van der Waals surface area contributed by atoms with Gasteiger partial charge in [-0.3, -0.25) is 9.78 Å². The molecule has 0 aromatic carbocycles. The molecule has 1 aromatic rings. The van der Waals surface area contributed by atoms with Crippen molar-refractivity contribution in [2.75, 3.05) is 0 Å². The minimum Gasteiger partial charge on any atom is -0.299 e. The van der Waals surface area contributed by atoms with Crippen molar-refractivity contribution in [3.05, 3.63) is 28.5 Å². The highest BCUT2D eigenvalue weighted by Crippen LogP contribution is 2.29. The first-order chi connectivity index (χ1) is 8.15. The number of halogens is 1. The third-order valence-electron chi connectivity index (χ3n) is 3.61. The molecule has 2 nitrogen and oxygen atoms in total. The van der Waals surface area contributed by atoms with Crippen molar-refractivity contribution < 1.29 is 4.79 Å². The second kappa shape index (κ2) is 5.76. The van der Waals surface area contributed by atoms with Crippen LogP contribution in [0.1, 0.15) is 38.2 Å². The number of aromatic nitrogens is 1. The fourth-order valence-corrected chi connectivity index (χ4v) is 2.89. The molecule has 1 aliphatic carbocycles. The molecule has 1 heterocycles. The fraction of sp³-hybridized carbons (Fsp3) is 0.571. The fourth-order valence-electron chi connectivity index (χ4n) is 2.48. The summed E-state index contributed by atoms with van der Waals surface area (Å²) in [4.78, 5) is 16.2. The molecule has 1 aromatic heterocycles. The van der Waals surface area contributed by atoms with E-state index in [0.29, 0.717) is 12.2 Å². The normalized spacial score (nSPS) is 24.6. The van der Waals surface area contributed by atoms with Gasteiger partial charge in [-0.2, -0.15) is 0 Å². The maximum Gasteiger partial charge on any atom is 0.140 e. The van der Waals surface area contributed by atoms with Crippen LogP contribution in [0.3, 0.4) is 0 Å². The Morgan fingerprint density at radius 2 is 2.06 bits per heavy atom. The molecular weight excluding hydrogens is 278 g/mol. The average Bonchev–Trinajstić information content (AvgIpc) is 2.29. The molecule has 0 amide bonds. The zero-order valence-electron chi connectivity index (χ0n) is 10.2. The number of rotatable bonds is 3. The number of hydrogen-bond acceptors (Lipinski definition) is 2. The molecule has 0 unspecified atom stereocenters. The van der Waals surface area contributed by atoms with Gasteiger partial charge in [-0.1, -0.05) is 19.8 Å². The first kappa shape index (κ1) is 12.7. The van der Waals surface area contributed by atoms with Gasteiger partial charge in [-0.05, 0) is 46.3 Å². The van der Waals surface area contributed by atoms with Crippen LogP contribution in [0.4, 0.5) is 0 Å². The first-order valence-corrected chi connectivity index (χ1v) is 7.06. The summed E-state index contributed by atoms with van der Waals surface area (Å²) in [6.07, 6.45) is 8.61. The van der Waals surface area contributed by atoms with Gasteiger partial charge in [0, 0.05) is 29.2 Å². The standard InChI is InChI=1S/C14H18BrNO/c1-10-2-4-12(5-3-10)14(17)7-11-6-13(15)9-16-8-11/h6,8-10,12H,2-5,7H2,1H3. The van der Waals surface area contributed by atoms with Crippen LogP contribution < -0.4 is 0 Å². The lowest BCUT2D eigenvalue weighted by molar-refractivity contribution is -0.123. The van der Waals surface area contributed by atoms with Gasteiger partial charge in [0.25, 0.3) is 0 Å². The highest BCUT2D eigenvalue weighted by atomic mass is 79.9. The Balaban J connectivity index is 1.93. The lowest BCUT2D eigenvalue weighted by atomic mass is 9.80. The van der Waals surface area contributed by atoms with Crippen molar-refractivity contribution in [1.29, 1.82) is 0 Å². The molecule has 0 N–H and O–H groups in total. The Labute approximate surface area is 111 Å². The smallest absolute Gasteiger partial charge is 0.140 e. The molecule has 17 heavy (non-hydrogen) atoms. The minimum absolute atomic E-state index is 0.283. The predicted molar refractivity (Wildman–Crippen MR) is 71.8 cm³/mol. The number of ketones is 1. The van der Waals surface area contributed by atoms with Crippen LogP contribution >= 0.6 is 15.9 Å². The second-order valence-electron chi connectivity index (χ2n) is 5.11. The van der Waals surface area contributed by atoms with Gasteiger partial charge in [-0.25, -0.2) is 0 Å². The van der Waals surface area contributed by atoms with Crippen molar-refractivity contribution in [3.63, 3.8) is 0 Å². The third kappa shape index (κ3) is 3.63. The van der Waals surface area contributed by atoms with E-state index in [1.54, 1.807) is 12.4 Å². The van der Waals surface area contributed by atoms with E-state index < -0.39 is 0 Å². The van der Waals surface area contributed by atoms with Crippen LogP contribution in [0.25, 0.3) is 0 Å². The van der Waals surface area contributed by atoms with Crippen LogP contribution in [-0.2, 0) is 11.2 Å². The summed E-state index contributed by atoms with van der Waals surface area (Å²) in [6, 6.07) is 1.98. The Hall–Kier alpha value is -0.700. The van der Waals surface area contributed by atoms with Crippen molar-refractivity contribution in [2.24, 2.45) is 11.8 Å². The summed E-state index contributed by atoms with van der Waals surface area (Å²) < 4.78 is 0.945. The molecule has 0 bridgehead atoms. The van der Waals surface area contributed by atoms with Crippen LogP contribution in [-0.4, -0.2) is 10.8 Å². The molecule has 0 spiro atoms. The minimum atomic E-state index is 0.283. The molecule has 2 rings (SSSR count). The van der Waals surface area contributed by atoms with Gasteiger partial charge in [0.1, 0.15) is 5.78 Å². The summed E-state index contributed by atoms with van der Waals surface area (Å²) in [7, 11) is 0. The molecule has 0 atom stereocenters. The van der Waals surface area contributed by atoms with E-state index in [0.717, 1.165) is 28.8 Å². The van der Waals surface area contributed by atoms with Gasteiger partial charge >= 0.3 is 0 Å². The largest absolute Gasteiger partial charge is 0.299 e. The van der Waals surface area contributed by atoms with Gasteiger partial charge in [0.05, 0.1) is 0 Å². The van der Waals surface area contributed by atoms with Crippen molar-refractivity contribution in [1.82, 2.24) is 4.98 Å². The van der Waals surface area contributed by atoms with E-state index in [4.69, 9.17) is 0 Å². The van der Waals surface area contributed by atoms with E-state index in [2.05, 4.69) is 27.8 Å². The molecule has 0 radical (unpaired) electrons. The Morgan fingerprint density at radius 1 is 1.35 bits per heavy atom. The SMILES string of the molecule is CC1CCC(C(=O)Cc2cncc(Br)c2)CC1. The Kier molecular flexibility index (Phi) is 4.32. The third-order valence-corrected chi connectivity index (χ3v) is 4.04. The first-order valence-electron chi connectivity index (χ1n) is 6.27. The van der Waals surface area contributed by atoms with Gasteiger partial charge in [0.2, 0.25) is 0 Å². The van der Waals surface area contributed by atoms with Gasteiger partial charge in [0.15, 0.2) is 0 Å². The van der Waals surface area contributed by atoms with E-state index in [1.165, 1.54) is 12.8 Å². The van der Waals surface area contributed by atoms with Gasteiger partial charge < -0.3 is 0 Å². The lowest BCUT2D eigenvalue weighted by Crippen LogP contribution is -2.22. The molecule has 0 aliphatic heterocycles. The summed E-state index contributed by atoms with van der Waals surface area (Å²) >= 11 is 3.38. The monoisotopic (exact) mass is 295 g/mol. The number of carbonyl (C=O) groups is 1. The number of hydrogen-bond donors (Lipinski definition) is 0. The number of nitrogens with zero attached hydrogens (tertiary/aromatic N) is 1. The van der Waals surface area contributed by atoms with Crippen molar-refractivity contribution in [2.45, 2.75) is 39.0 Å². The quantitative estimate of drug-likeness (QED) is 0.849. The molecule has 1 aliphatic rings. The van der Waals surface area contributed by atoms with Crippen LogP contribution in [0.2, 0.25) is 0 Å². The van der Waals surface area contributed by atoms with E-state index >= 15 is 0 Å². The summed E-state index contributed by atoms with van der Waals surface area (Å²) in [5.74, 6) is 1.47. The summed E-state index contributed by atoms with van der Waals surface area (Å²) in [5.41, 5.74) is 1.02. The molecule has 0 saturated heterocycles. The topological polar surface area (TPSA) is 30.0 Å². The molecule has 3 heteroatoms. The highest BCUT2D eigenvalue weighted by molar-refractivity contribution is 9.10. The molecule has 92 valence electrons. The number of Topliss-reactive ketones (excluding diaryl/α,β-unsaturated/α-hetero) is 1. The van der Waals surface area contributed by atoms with Crippen molar-refractivity contribution in [3.8, 4) is 0 Å². The van der Waals surface area contributed by atoms with E-state index in [1.807, 2.05) is 6.07 Å². The van der Waals surface area contributed by atoms with E-state index in [9.17, 15) is 4.79 Å². The second-order valence-corrected chi connectivity index (χ2v) is 6.03. The van der Waals surface area contributed by atoms with E-state index in [-0.39, 0.29) is 5.92 Å². The molecule has 1 saturated carbocycles. The highest BCUT2D eigenvalue weighted by Gasteiger charge is 2.24. The zero-order chi connectivity index (χ0) is 12.3. The number of carbonyl (C=O) groups excluding carboxylic acids is 1. The van der Waals surface area contributed by atoms with Crippen LogP contribution in [0, 0.1) is 11.8 Å². The molecular formula is C14H18BrNO. The average molecular weight is 296 g/mol. The summed E-state index contributed by atoms with van der Waals surface area (Å²) in [5, 5.41) is 0.